The van der Waals surface area contributed by atoms with Gasteiger partial charge in [0, 0.05) is 12.5 Å². The summed E-state index contributed by atoms with van der Waals surface area (Å²) in [7, 11) is 2.95. The van der Waals surface area contributed by atoms with Crippen LogP contribution in [0.2, 0.25) is 0 Å². The number of hydrazine groups is 1. The molecule has 1 saturated heterocycles. The third kappa shape index (κ3) is 6.72. The van der Waals surface area contributed by atoms with Crippen LogP contribution in [0.1, 0.15) is 23.5 Å². The van der Waals surface area contributed by atoms with Crippen LogP contribution in [0.15, 0.2) is 78.9 Å². The molecule has 1 fully saturated rings. The zero-order chi connectivity index (χ0) is 27.8. The van der Waals surface area contributed by atoms with Gasteiger partial charge in [-0.15, -0.1) is 0 Å². The van der Waals surface area contributed by atoms with Crippen LogP contribution < -0.4 is 20.2 Å². The summed E-state index contributed by atoms with van der Waals surface area (Å²) in [5.41, 5.74) is 4.55. The van der Waals surface area contributed by atoms with Crippen molar-refractivity contribution >= 4 is 29.4 Å². The molecule has 39 heavy (non-hydrogen) atoms. The van der Waals surface area contributed by atoms with Gasteiger partial charge in [-0.3, -0.25) is 29.6 Å². The Morgan fingerprint density at radius 1 is 0.923 bits per heavy atom. The third-order valence-corrected chi connectivity index (χ3v) is 6.26. The van der Waals surface area contributed by atoms with Crippen LogP contribution in [0.4, 0.5) is 5.69 Å². The fraction of sp³-hybridized carbons (Fsp3) is 0.241. The van der Waals surface area contributed by atoms with Crippen LogP contribution in [-0.4, -0.2) is 56.1 Å². The summed E-state index contributed by atoms with van der Waals surface area (Å²) in [4.78, 5) is 51.0. The van der Waals surface area contributed by atoms with E-state index in [4.69, 9.17) is 14.2 Å². The maximum absolute atomic E-state index is 13.3. The zero-order valence-electron chi connectivity index (χ0n) is 21.6. The molecular formula is C29H29N3O7. The van der Waals surface area contributed by atoms with E-state index < -0.39 is 42.1 Å². The second-order valence-corrected chi connectivity index (χ2v) is 8.86. The largest absolute Gasteiger partial charge is 0.497 e. The number of ether oxygens (including phenoxy) is 3. The molecule has 0 bridgehead atoms. The van der Waals surface area contributed by atoms with Gasteiger partial charge in [-0.1, -0.05) is 60.7 Å². The highest BCUT2D eigenvalue weighted by Gasteiger charge is 2.38. The molecule has 3 aromatic rings. The van der Waals surface area contributed by atoms with Crippen LogP contribution in [0.3, 0.4) is 0 Å². The predicted molar refractivity (Wildman–Crippen MR) is 142 cm³/mol. The van der Waals surface area contributed by atoms with Crippen LogP contribution >= 0.6 is 0 Å². The van der Waals surface area contributed by atoms with Crippen molar-refractivity contribution < 1.29 is 33.4 Å². The van der Waals surface area contributed by atoms with Crippen molar-refractivity contribution in [3.8, 4) is 11.5 Å². The first-order valence-corrected chi connectivity index (χ1v) is 12.3. The van der Waals surface area contributed by atoms with E-state index in [9.17, 15) is 19.2 Å². The number of nitrogens with one attached hydrogen (secondary N) is 2. The topological polar surface area (TPSA) is 123 Å². The Morgan fingerprint density at radius 2 is 1.56 bits per heavy atom. The smallest absolute Gasteiger partial charge is 0.311 e. The molecule has 0 radical (unpaired) electrons. The van der Waals surface area contributed by atoms with Gasteiger partial charge in [0.2, 0.25) is 5.91 Å². The van der Waals surface area contributed by atoms with Gasteiger partial charge in [-0.05, 0) is 23.3 Å². The van der Waals surface area contributed by atoms with E-state index in [1.807, 2.05) is 60.7 Å². The molecule has 10 nitrogen and oxygen atoms in total. The van der Waals surface area contributed by atoms with Crippen molar-refractivity contribution in [2.45, 2.75) is 12.3 Å². The number of nitrogens with zero attached hydrogens (tertiary/aromatic N) is 1. The number of benzene rings is 3. The molecule has 0 unspecified atom stereocenters. The van der Waals surface area contributed by atoms with Gasteiger partial charge in [-0.2, -0.15) is 0 Å². The molecule has 0 aromatic heterocycles. The lowest BCUT2D eigenvalue weighted by molar-refractivity contribution is -0.151. The van der Waals surface area contributed by atoms with E-state index in [0.29, 0.717) is 17.2 Å². The summed E-state index contributed by atoms with van der Waals surface area (Å²) < 4.78 is 15.5. The van der Waals surface area contributed by atoms with E-state index in [2.05, 4.69) is 10.7 Å². The lowest BCUT2D eigenvalue weighted by Crippen LogP contribution is -2.45. The quantitative estimate of drug-likeness (QED) is 0.386. The summed E-state index contributed by atoms with van der Waals surface area (Å²) >= 11 is 0. The Hall–Kier alpha value is -4.86. The molecule has 0 saturated carbocycles. The molecule has 2 N–H and O–H groups in total. The van der Waals surface area contributed by atoms with Crippen molar-refractivity contribution in [3.63, 3.8) is 0 Å². The summed E-state index contributed by atoms with van der Waals surface area (Å²) in [6.45, 7) is -0.620. The van der Waals surface area contributed by atoms with Gasteiger partial charge in [0.25, 0.3) is 11.8 Å². The van der Waals surface area contributed by atoms with Crippen LogP contribution in [-0.2, 0) is 23.9 Å². The second kappa shape index (κ2) is 12.6. The molecule has 10 heteroatoms. The Morgan fingerprint density at radius 3 is 2.15 bits per heavy atom. The predicted octanol–water partition coefficient (Wildman–Crippen LogP) is 2.90. The number of anilines is 1. The summed E-state index contributed by atoms with van der Waals surface area (Å²) in [6, 6.07) is 23.3. The summed E-state index contributed by atoms with van der Waals surface area (Å²) in [5.74, 6) is -2.68. The summed E-state index contributed by atoms with van der Waals surface area (Å²) in [6.07, 6.45) is -0.147. The number of hydrogen-bond acceptors (Lipinski definition) is 7. The van der Waals surface area contributed by atoms with E-state index in [0.717, 1.165) is 16.1 Å². The van der Waals surface area contributed by atoms with Crippen molar-refractivity contribution in [2.75, 3.05) is 32.7 Å². The van der Waals surface area contributed by atoms with Crippen molar-refractivity contribution in [3.05, 3.63) is 90.0 Å². The molecule has 0 aliphatic carbocycles. The van der Waals surface area contributed by atoms with E-state index in [-0.39, 0.29) is 13.0 Å². The van der Waals surface area contributed by atoms with Gasteiger partial charge in [-0.25, -0.2) is 0 Å². The number of esters is 1. The van der Waals surface area contributed by atoms with Crippen LogP contribution in [0.5, 0.6) is 11.5 Å². The standard InChI is InChI=1S/C29H29N3O7/c1-37-22-13-14-24(38-2)23(16-22)30-25(33)18-39-29(36)21-15-26(34)32(17-21)31-28(35)27(19-9-5-3-6-10-19)20-11-7-4-8-12-20/h3-14,16,21,27H,15,17-18H2,1-2H3,(H,30,33)(H,31,35)/t21-/m0/s1. The molecule has 1 aliphatic rings. The first-order valence-electron chi connectivity index (χ1n) is 12.3. The minimum absolute atomic E-state index is 0.0645. The minimum atomic E-state index is -0.830. The van der Waals surface area contributed by atoms with Gasteiger partial charge in [0.15, 0.2) is 6.61 Å². The number of hydrogen-bond donors (Lipinski definition) is 2. The lowest BCUT2D eigenvalue weighted by atomic mass is 9.91. The SMILES string of the molecule is COc1ccc(OC)c(NC(=O)COC(=O)[C@H]2CC(=O)N(NC(=O)C(c3ccccc3)c3ccccc3)C2)c1. The highest BCUT2D eigenvalue weighted by molar-refractivity contribution is 5.95. The minimum Gasteiger partial charge on any atom is -0.497 e. The van der Waals surface area contributed by atoms with Gasteiger partial charge in [0.1, 0.15) is 11.5 Å². The number of methoxy groups -OCH3 is 2. The van der Waals surface area contributed by atoms with Crippen molar-refractivity contribution in [1.82, 2.24) is 10.4 Å². The third-order valence-electron chi connectivity index (χ3n) is 6.26. The monoisotopic (exact) mass is 531 g/mol. The van der Waals surface area contributed by atoms with Crippen molar-refractivity contribution in [2.24, 2.45) is 5.92 Å². The lowest BCUT2D eigenvalue weighted by Gasteiger charge is -2.23. The molecule has 3 aromatic carbocycles. The highest BCUT2D eigenvalue weighted by Crippen LogP contribution is 2.29. The number of amides is 3. The normalized spacial score (nSPS) is 14.6. The van der Waals surface area contributed by atoms with Crippen molar-refractivity contribution in [1.29, 1.82) is 0 Å². The second-order valence-electron chi connectivity index (χ2n) is 8.86. The average molecular weight is 532 g/mol. The van der Waals surface area contributed by atoms with E-state index in [1.54, 1.807) is 18.2 Å². The molecular weight excluding hydrogens is 502 g/mol. The van der Waals surface area contributed by atoms with E-state index in [1.165, 1.54) is 14.2 Å². The van der Waals surface area contributed by atoms with Crippen LogP contribution in [0, 0.1) is 5.92 Å². The molecule has 1 aliphatic heterocycles. The molecule has 202 valence electrons. The Bertz CT molecular complexity index is 1290. The average Bonchev–Trinajstić information content (AvgIpc) is 3.32. The fourth-order valence-corrected chi connectivity index (χ4v) is 4.31. The number of rotatable bonds is 10. The molecule has 1 atom stereocenters. The highest BCUT2D eigenvalue weighted by atomic mass is 16.5. The number of carbonyl (C=O) groups is 4. The Balaban J connectivity index is 1.34. The van der Waals surface area contributed by atoms with E-state index >= 15 is 0 Å². The maximum atomic E-state index is 13.3. The first kappa shape index (κ1) is 27.2. The number of carbonyl (C=O) groups excluding carboxylic acids is 4. The van der Waals surface area contributed by atoms with Crippen LogP contribution in [0.25, 0.3) is 0 Å². The Labute approximate surface area is 225 Å². The summed E-state index contributed by atoms with van der Waals surface area (Å²) in [5, 5.41) is 3.75. The zero-order valence-corrected chi connectivity index (χ0v) is 21.6. The molecule has 3 amide bonds. The van der Waals surface area contributed by atoms with Gasteiger partial charge < -0.3 is 19.5 Å². The molecule has 0 spiro atoms. The maximum Gasteiger partial charge on any atom is 0.311 e. The van der Waals surface area contributed by atoms with Gasteiger partial charge >= 0.3 is 5.97 Å². The fourth-order valence-electron chi connectivity index (χ4n) is 4.31. The molecule has 1 heterocycles. The first-order chi connectivity index (χ1) is 18.9. The van der Waals surface area contributed by atoms with Gasteiger partial charge in [0.05, 0.1) is 38.3 Å². The molecule has 4 rings (SSSR count). The Kier molecular flexibility index (Phi) is 8.78.